The van der Waals surface area contributed by atoms with Gasteiger partial charge in [-0.3, -0.25) is 0 Å². The van der Waals surface area contributed by atoms with Gasteiger partial charge in [0.1, 0.15) is 0 Å². The van der Waals surface area contributed by atoms with Crippen molar-refractivity contribution < 1.29 is 0 Å². The summed E-state index contributed by atoms with van der Waals surface area (Å²) in [7, 11) is 0. The van der Waals surface area contributed by atoms with Crippen LogP contribution in [0.15, 0.2) is 60.7 Å². The average Bonchev–Trinajstić information content (AvgIpc) is 2.56. The van der Waals surface area contributed by atoms with Crippen LogP contribution in [0.4, 0.5) is 5.69 Å². The molecule has 0 aromatic heterocycles. The molecule has 0 radical (unpaired) electrons. The van der Waals surface area contributed by atoms with Crippen molar-refractivity contribution in [2.45, 2.75) is 25.9 Å². The van der Waals surface area contributed by atoms with Crippen molar-refractivity contribution in [3.8, 4) is 0 Å². The van der Waals surface area contributed by atoms with Gasteiger partial charge in [-0.2, -0.15) is 0 Å². The van der Waals surface area contributed by atoms with E-state index in [9.17, 15) is 0 Å². The van der Waals surface area contributed by atoms with Crippen LogP contribution in [0.2, 0.25) is 0 Å². The van der Waals surface area contributed by atoms with Crippen molar-refractivity contribution in [1.82, 2.24) is 5.32 Å². The van der Waals surface area contributed by atoms with Crippen molar-refractivity contribution in [2.24, 2.45) is 5.92 Å². The summed E-state index contributed by atoms with van der Waals surface area (Å²) < 4.78 is 0. The maximum atomic E-state index is 3.72. The number of hydrogen-bond acceptors (Lipinski definition) is 2. The van der Waals surface area contributed by atoms with Gasteiger partial charge in [-0.05, 0) is 23.6 Å². The maximum Gasteiger partial charge on any atom is 0.0499 e. The topological polar surface area (TPSA) is 15.3 Å². The lowest BCUT2D eigenvalue weighted by atomic mass is 9.95. The molecule has 1 fully saturated rings. The predicted octanol–water partition coefficient (Wildman–Crippen LogP) is 3.86. The Balaban J connectivity index is 1.86. The minimum atomic E-state index is 0.404. The molecule has 1 aliphatic rings. The highest BCUT2D eigenvalue weighted by Crippen LogP contribution is 2.28. The lowest BCUT2D eigenvalue weighted by Gasteiger charge is -2.44. The monoisotopic (exact) mass is 280 g/mol. The number of hydrogen-bond donors (Lipinski definition) is 1. The zero-order chi connectivity index (χ0) is 14.7. The van der Waals surface area contributed by atoms with Gasteiger partial charge in [0, 0.05) is 30.9 Å². The molecule has 2 aromatic rings. The highest BCUT2D eigenvalue weighted by Gasteiger charge is 2.30. The Morgan fingerprint density at radius 2 is 1.57 bits per heavy atom. The van der Waals surface area contributed by atoms with Crippen molar-refractivity contribution in [3.05, 3.63) is 66.2 Å². The number of anilines is 1. The third kappa shape index (κ3) is 3.11. The molecule has 1 saturated heterocycles. The minimum absolute atomic E-state index is 0.404. The third-order valence-corrected chi connectivity index (χ3v) is 4.41. The van der Waals surface area contributed by atoms with Gasteiger partial charge in [0.2, 0.25) is 0 Å². The summed E-state index contributed by atoms with van der Waals surface area (Å²) in [4.78, 5) is 2.57. The third-order valence-electron chi connectivity index (χ3n) is 4.41. The van der Waals surface area contributed by atoms with Crippen LogP contribution in [0.3, 0.4) is 0 Å². The van der Waals surface area contributed by atoms with E-state index in [1.165, 1.54) is 11.3 Å². The van der Waals surface area contributed by atoms with E-state index >= 15 is 0 Å². The van der Waals surface area contributed by atoms with E-state index in [1.807, 2.05) is 0 Å². The number of nitrogens with zero attached hydrogens (tertiary/aromatic N) is 1. The van der Waals surface area contributed by atoms with E-state index in [1.54, 1.807) is 0 Å². The summed E-state index contributed by atoms with van der Waals surface area (Å²) in [6.45, 7) is 6.68. The molecule has 2 unspecified atom stereocenters. The number of nitrogens with one attached hydrogen (secondary N) is 1. The second kappa shape index (κ2) is 6.31. The summed E-state index contributed by atoms with van der Waals surface area (Å²) in [5, 5.41) is 3.72. The Bertz CT molecular complexity index is 550. The summed E-state index contributed by atoms with van der Waals surface area (Å²) in [5.74, 6) is 0.634. The van der Waals surface area contributed by atoms with Crippen LogP contribution in [-0.2, 0) is 0 Å². The van der Waals surface area contributed by atoms with E-state index in [4.69, 9.17) is 0 Å². The van der Waals surface area contributed by atoms with Gasteiger partial charge < -0.3 is 10.2 Å². The summed E-state index contributed by atoms with van der Waals surface area (Å²) >= 11 is 0. The molecule has 0 spiro atoms. The van der Waals surface area contributed by atoms with Crippen LogP contribution in [0.5, 0.6) is 0 Å². The van der Waals surface area contributed by atoms with Crippen LogP contribution >= 0.6 is 0 Å². The first-order valence-corrected chi connectivity index (χ1v) is 7.85. The van der Waals surface area contributed by atoms with Crippen LogP contribution in [0, 0.1) is 5.92 Å². The molecule has 3 rings (SSSR count). The van der Waals surface area contributed by atoms with Gasteiger partial charge in [0.15, 0.2) is 0 Å². The van der Waals surface area contributed by atoms with Crippen LogP contribution < -0.4 is 10.2 Å². The SMILES string of the molecule is CC(C)C1CNC(c2ccccc2)CN1c1ccccc1. The standard InChI is InChI=1S/C19H24N2/c1-15(2)19-13-20-18(16-9-5-3-6-10-16)14-21(19)17-11-7-4-8-12-17/h3-12,15,18-20H,13-14H2,1-2H3. The quantitative estimate of drug-likeness (QED) is 0.918. The fourth-order valence-electron chi connectivity index (χ4n) is 3.19. The van der Waals surface area contributed by atoms with Crippen LogP contribution in [0.25, 0.3) is 0 Å². The fourth-order valence-corrected chi connectivity index (χ4v) is 3.19. The largest absolute Gasteiger partial charge is 0.365 e. The van der Waals surface area contributed by atoms with Gasteiger partial charge in [0.25, 0.3) is 0 Å². The molecule has 0 amide bonds. The molecule has 1 heterocycles. The summed E-state index contributed by atoms with van der Waals surface area (Å²) in [6.07, 6.45) is 0. The van der Waals surface area contributed by atoms with Gasteiger partial charge in [-0.15, -0.1) is 0 Å². The molecule has 2 nitrogen and oxygen atoms in total. The Kier molecular flexibility index (Phi) is 4.26. The molecule has 1 aliphatic heterocycles. The molecular formula is C19H24N2. The van der Waals surface area contributed by atoms with Crippen LogP contribution in [-0.4, -0.2) is 19.1 Å². The Hall–Kier alpha value is -1.80. The first kappa shape index (κ1) is 14.2. The van der Waals surface area contributed by atoms with Crippen molar-refractivity contribution in [3.63, 3.8) is 0 Å². The fraction of sp³-hybridized carbons (Fsp3) is 0.368. The van der Waals surface area contributed by atoms with Gasteiger partial charge in [-0.1, -0.05) is 62.4 Å². The molecule has 1 N–H and O–H groups in total. The molecule has 2 heteroatoms. The van der Waals surface area contributed by atoms with E-state index in [0.29, 0.717) is 18.0 Å². The van der Waals surface area contributed by atoms with E-state index < -0.39 is 0 Å². The molecule has 0 saturated carbocycles. The van der Waals surface area contributed by atoms with E-state index in [0.717, 1.165) is 13.1 Å². The summed E-state index contributed by atoms with van der Waals surface area (Å²) in [6, 6.07) is 22.5. The Labute approximate surface area is 127 Å². The van der Waals surface area contributed by atoms with Crippen molar-refractivity contribution >= 4 is 5.69 Å². The number of rotatable bonds is 3. The molecule has 2 aromatic carbocycles. The number of piperazine rings is 1. The van der Waals surface area contributed by atoms with Crippen molar-refractivity contribution in [2.75, 3.05) is 18.0 Å². The molecule has 110 valence electrons. The predicted molar refractivity (Wildman–Crippen MR) is 89.6 cm³/mol. The number of benzene rings is 2. The van der Waals surface area contributed by atoms with Gasteiger partial charge >= 0.3 is 0 Å². The second-order valence-electron chi connectivity index (χ2n) is 6.17. The first-order chi connectivity index (χ1) is 10.3. The Morgan fingerprint density at radius 1 is 0.952 bits per heavy atom. The minimum Gasteiger partial charge on any atom is -0.365 e. The maximum absolute atomic E-state index is 3.72. The van der Waals surface area contributed by atoms with Crippen LogP contribution in [0.1, 0.15) is 25.5 Å². The second-order valence-corrected chi connectivity index (χ2v) is 6.17. The van der Waals surface area contributed by atoms with Gasteiger partial charge in [0.05, 0.1) is 0 Å². The first-order valence-electron chi connectivity index (χ1n) is 7.85. The van der Waals surface area contributed by atoms with E-state index in [-0.39, 0.29) is 0 Å². The lowest BCUT2D eigenvalue weighted by Crippen LogP contribution is -2.55. The average molecular weight is 280 g/mol. The summed E-state index contributed by atoms with van der Waals surface area (Å²) in [5.41, 5.74) is 2.71. The molecule has 0 aliphatic carbocycles. The Morgan fingerprint density at radius 3 is 2.19 bits per heavy atom. The molecule has 2 atom stereocenters. The highest BCUT2D eigenvalue weighted by molar-refractivity contribution is 5.48. The number of para-hydroxylation sites is 1. The molecular weight excluding hydrogens is 256 g/mol. The zero-order valence-corrected chi connectivity index (χ0v) is 12.9. The van der Waals surface area contributed by atoms with Crippen molar-refractivity contribution in [1.29, 1.82) is 0 Å². The normalized spacial score (nSPS) is 22.5. The zero-order valence-electron chi connectivity index (χ0n) is 12.9. The van der Waals surface area contributed by atoms with Gasteiger partial charge in [-0.25, -0.2) is 0 Å². The molecule has 21 heavy (non-hydrogen) atoms. The van der Waals surface area contributed by atoms with E-state index in [2.05, 4.69) is 84.7 Å². The molecule has 0 bridgehead atoms. The lowest BCUT2D eigenvalue weighted by molar-refractivity contribution is 0.342. The smallest absolute Gasteiger partial charge is 0.0499 e. The highest BCUT2D eigenvalue weighted by atomic mass is 15.2.